The molecule has 0 aliphatic rings. The van der Waals surface area contributed by atoms with E-state index in [1.165, 1.54) is 0 Å². The van der Waals surface area contributed by atoms with Gasteiger partial charge in [0.1, 0.15) is 22.3 Å². The zero-order valence-electron chi connectivity index (χ0n) is 29.9. The van der Waals surface area contributed by atoms with E-state index in [1.807, 2.05) is 84.9 Å². The summed E-state index contributed by atoms with van der Waals surface area (Å²) in [6.07, 6.45) is 1.81. The highest BCUT2D eigenvalue weighted by Gasteiger charge is 2.17. The van der Waals surface area contributed by atoms with Crippen LogP contribution in [0.5, 0.6) is 0 Å². The van der Waals surface area contributed by atoms with Gasteiger partial charge in [0.2, 0.25) is 0 Å². The number of pyridine rings is 1. The molecule has 262 valence electrons. The molecule has 0 radical (unpaired) electrons. The average Bonchev–Trinajstić information content (AvgIpc) is 3.84. The molecule has 6 heteroatoms. The standard InChI is InChI=1S/C50H30N4O2/c1-2-10-32(11-3-1)48-52-49(33-19-17-31(18-20-33)43-14-8-9-25-51-43)54-50(53-48)38-27-36(34-21-23-46-41(29-34)39-12-4-6-15-44(39)55-46)26-37(28-38)35-22-24-47-42(30-35)40-13-5-7-16-45(40)56-47/h1-30H. The van der Waals surface area contributed by atoms with E-state index >= 15 is 0 Å². The fourth-order valence-electron chi connectivity index (χ4n) is 7.58. The van der Waals surface area contributed by atoms with Gasteiger partial charge in [-0.1, -0.05) is 109 Å². The van der Waals surface area contributed by atoms with Gasteiger partial charge in [0.25, 0.3) is 0 Å². The van der Waals surface area contributed by atoms with Crippen LogP contribution in [0.25, 0.3) is 112 Å². The number of fused-ring (bicyclic) bond motifs is 6. The van der Waals surface area contributed by atoms with E-state index in [4.69, 9.17) is 23.8 Å². The molecule has 0 fully saturated rings. The second-order valence-electron chi connectivity index (χ2n) is 13.9. The third-order valence-electron chi connectivity index (χ3n) is 10.4. The maximum atomic E-state index is 6.20. The highest BCUT2D eigenvalue weighted by atomic mass is 16.3. The molecule has 4 aromatic heterocycles. The molecule has 56 heavy (non-hydrogen) atoms. The Morgan fingerprint density at radius 3 is 1.30 bits per heavy atom. The predicted molar refractivity (Wildman–Crippen MR) is 225 cm³/mol. The van der Waals surface area contributed by atoms with Crippen molar-refractivity contribution in [2.75, 3.05) is 0 Å². The molecule has 6 nitrogen and oxygen atoms in total. The van der Waals surface area contributed by atoms with E-state index in [-0.39, 0.29) is 0 Å². The lowest BCUT2D eigenvalue weighted by atomic mass is 9.94. The summed E-state index contributed by atoms with van der Waals surface area (Å²) in [6.45, 7) is 0. The Hall–Kier alpha value is -7.70. The number of furan rings is 2. The van der Waals surface area contributed by atoms with Gasteiger partial charge in [-0.15, -0.1) is 0 Å². The van der Waals surface area contributed by atoms with Crippen LogP contribution in [-0.2, 0) is 0 Å². The minimum Gasteiger partial charge on any atom is -0.456 e. The Bertz CT molecular complexity index is 3110. The molecule has 0 spiro atoms. The Morgan fingerprint density at radius 2 is 0.732 bits per heavy atom. The van der Waals surface area contributed by atoms with Crippen LogP contribution >= 0.6 is 0 Å². The fraction of sp³-hybridized carbons (Fsp3) is 0. The molecule has 0 aliphatic carbocycles. The summed E-state index contributed by atoms with van der Waals surface area (Å²) in [5.74, 6) is 1.77. The largest absolute Gasteiger partial charge is 0.456 e. The van der Waals surface area contributed by atoms with Gasteiger partial charge in [-0.25, -0.2) is 15.0 Å². The number of nitrogens with zero attached hydrogens (tertiary/aromatic N) is 4. The van der Waals surface area contributed by atoms with Gasteiger partial charge in [-0.05, 0) is 89.0 Å². The maximum absolute atomic E-state index is 6.20. The number of hydrogen-bond acceptors (Lipinski definition) is 6. The summed E-state index contributed by atoms with van der Waals surface area (Å²) < 4.78 is 12.4. The molecule has 0 saturated heterocycles. The zero-order chi connectivity index (χ0) is 37.0. The van der Waals surface area contributed by atoms with Crippen LogP contribution in [0.4, 0.5) is 0 Å². The number of aromatic nitrogens is 4. The van der Waals surface area contributed by atoms with E-state index in [1.54, 1.807) is 6.20 Å². The first-order valence-corrected chi connectivity index (χ1v) is 18.5. The van der Waals surface area contributed by atoms with Gasteiger partial charge in [0.05, 0.1) is 5.69 Å². The Morgan fingerprint density at radius 1 is 0.286 bits per heavy atom. The normalized spacial score (nSPS) is 11.6. The number of para-hydroxylation sites is 2. The third kappa shape index (κ3) is 5.60. The van der Waals surface area contributed by atoms with Crippen molar-refractivity contribution in [3.8, 4) is 67.7 Å². The minimum atomic E-state index is 0.579. The Balaban J connectivity index is 1.11. The van der Waals surface area contributed by atoms with Crippen molar-refractivity contribution in [2.24, 2.45) is 0 Å². The first-order valence-electron chi connectivity index (χ1n) is 18.5. The molecule has 0 atom stereocenters. The lowest BCUT2D eigenvalue weighted by molar-refractivity contribution is 0.668. The van der Waals surface area contributed by atoms with Gasteiger partial charge >= 0.3 is 0 Å². The molecule has 0 N–H and O–H groups in total. The zero-order valence-corrected chi connectivity index (χ0v) is 29.9. The summed E-state index contributed by atoms with van der Waals surface area (Å²) in [4.78, 5) is 19.9. The number of benzene rings is 7. The monoisotopic (exact) mass is 718 g/mol. The SMILES string of the molecule is c1ccc(-c2nc(-c3ccc(-c4ccccn4)cc3)nc(-c3cc(-c4ccc5oc6ccccc6c5c4)cc(-c4ccc5oc6ccccc6c5c4)c3)n2)cc1. The first kappa shape index (κ1) is 31.8. The van der Waals surface area contributed by atoms with E-state index in [2.05, 4.69) is 96.0 Å². The van der Waals surface area contributed by atoms with E-state index in [0.717, 1.165) is 94.1 Å². The first-order chi connectivity index (χ1) is 27.7. The van der Waals surface area contributed by atoms with Gasteiger partial charge in [0, 0.05) is 50.0 Å². The minimum absolute atomic E-state index is 0.579. The van der Waals surface area contributed by atoms with Crippen molar-refractivity contribution < 1.29 is 8.83 Å². The van der Waals surface area contributed by atoms with E-state index in [0.29, 0.717) is 17.5 Å². The van der Waals surface area contributed by atoms with Crippen molar-refractivity contribution in [2.45, 2.75) is 0 Å². The van der Waals surface area contributed by atoms with Crippen LogP contribution in [0.2, 0.25) is 0 Å². The second-order valence-corrected chi connectivity index (χ2v) is 13.9. The number of hydrogen-bond donors (Lipinski definition) is 0. The van der Waals surface area contributed by atoms with Crippen molar-refractivity contribution in [1.29, 1.82) is 0 Å². The molecule has 0 saturated carbocycles. The summed E-state index contributed by atoms with van der Waals surface area (Å²) in [5.41, 5.74) is 12.2. The quantitative estimate of drug-likeness (QED) is 0.170. The lowest BCUT2D eigenvalue weighted by Gasteiger charge is -2.13. The smallest absolute Gasteiger partial charge is 0.164 e. The summed E-state index contributed by atoms with van der Waals surface area (Å²) in [7, 11) is 0. The van der Waals surface area contributed by atoms with Gasteiger partial charge in [-0.2, -0.15) is 0 Å². The van der Waals surface area contributed by atoms with Gasteiger partial charge < -0.3 is 8.83 Å². The summed E-state index contributed by atoms with van der Waals surface area (Å²) in [6, 6.07) is 60.0. The van der Waals surface area contributed by atoms with Crippen LogP contribution in [-0.4, -0.2) is 19.9 Å². The molecular formula is C50H30N4O2. The topological polar surface area (TPSA) is 77.8 Å². The highest BCUT2D eigenvalue weighted by Crippen LogP contribution is 2.38. The van der Waals surface area contributed by atoms with Gasteiger partial charge in [-0.3, -0.25) is 4.98 Å². The van der Waals surface area contributed by atoms with Crippen LogP contribution < -0.4 is 0 Å². The Labute approximate surface area is 321 Å². The molecule has 0 unspecified atom stereocenters. The predicted octanol–water partition coefficient (Wildman–Crippen LogP) is 13.1. The summed E-state index contributed by atoms with van der Waals surface area (Å²) in [5, 5.41) is 4.31. The van der Waals surface area contributed by atoms with E-state index in [9.17, 15) is 0 Å². The third-order valence-corrected chi connectivity index (χ3v) is 10.4. The molecular weight excluding hydrogens is 689 g/mol. The van der Waals surface area contributed by atoms with Crippen molar-refractivity contribution in [3.63, 3.8) is 0 Å². The molecule has 0 amide bonds. The summed E-state index contributed by atoms with van der Waals surface area (Å²) >= 11 is 0. The van der Waals surface area contributed by atoms with Crippen LogP contribution in [0, 0.1) is 0 Å². The number of rotatable bonds is 6. The van der Waals surface area contributed by atoms with E-state index < -0.39 is 0 Å². The molecule has 11 aromatic rings. The molecule has 11 rings (SSSR count). The van der Waals surface area contributed by atoms with Crippen LogP contribution in [0.1, 0.15) is 0 Å². The fourth-order valence-corrected chi connectivity index (χ4v) is 7.58. The average molecular weight is 719 g/mol. The van der Waals surface area contributed by atoms with Crippen molar-refractivity contribution in [3.05, 3.63) is 182 Å². The highest BCUT2D eigenvalue weighted by molar-refractivity contribution is 6.07. The molecule has 0 bridgehead atoms. The lowest BCUT2D eigenvalue weighted by Crippen LogP contribution is -2.00. The Kier molecular flexibility index (Phi) is 7.38. The van der Waals surface area contributed by atoms with Crippen LogP contribution in [0.15, 0.2) is 191 Å². The van der Waals surface area contributed by atoms with Crippen molar-refractivity contribution in [1.82, 2.24) is 19.9 Å². The van der Waals surface area contributed by atoms with Crippen molar-refractivity contribution >= 4 is 43.9 Å². The van der Waals surface area contributed by atoms with Crippen LogP contribution in [0.3, 0.4) is 0 Å². The van der Waals surface area contributed by atoms with Gasteiger partial charge in [0.15, 0.2) is 17.5 Å². The molecule has 7 aromatic carbocycles. The molecule has 4 heterocycles. The maximum Gasteiger partial charge on any atom is 0.164 e. The molecule has 0 aliphatic heterocycles. The second kappa shape index (κ2) is 13.0.